The fourth-order valence-corrected chi connectivity index (χ4v) is 4.31. The quantitative estimate of drug-likeness (QED) is 0.418. The van der Waals surface area contributed by atoms with E-state index in [0.29, 0.717) is 5.02 Å². The second-order valence-electron chi connectivity index (χ2n) is 4.44. The maximum Gasteiger partial charge on any atom is 0.259 e. The minimum atomic E-state index is -0.253. The van der Waals surface area contributed by atoms with Crippen molar-refractivity contribution in [1.82, 2.24) is 5.43 Å². The van der Waals surface area contributed by atoms with Crippen LogP contribution in [-0.4, -0.2) is 18.7 Å². The molecule has 0 aliphatic carbocycles. The first-order valence-electron chi connectivity index (χ1n) is 6.41. The Labute approximate surface area is 164 Å². The average molecular weight is 524 g/mol. The van der Waals surface area contributed by atoms with Crippen LogP contribution in [0.5, 0.6) is 0 Å². The zero-order valence-corrected chi connectivity index (χ0v) is 17.1. The summed E-state index contributed by atoms with van der Waals surface area (Å²) in [4.78, 5) is 11.8. The number of rotatable bonds is 5. The number of carbonyl (C=O) groups excluding carboxylic acids is 1. The molecule has 0 aliphatic heterocycles. The highest BCUT2D eigenvalue weighted by Crippen LogP contribution is 2.34. The molecule has 0 atom stereocenters. The molecule has 2 rings (SSSR count). The van der Waals surface area contributed by atoms with Crippen molar-refractivity contribution in [1.29, 1.82) is 0 Å². The third-order valence-electron chi connectivity index (χ3n) is 2.71. The Balaban J connectivity index is 1.87. The Morgan fingerprint density at radius 1 is 1.13 bits per heavy atom. The molecule has 0 fully saturated rings. The van der Waals surface area contributed by atoms with Crippen LogP contribution in [0.1, 0.15) is 5.56 Å². The lowest BCUT2D eigenvalue weighted by molar-refractivity contribution is -0.119. The number of benzene rings is 2. The van der Waals surface area contributed by atoms with E-state index in [1.54, 1.807) is 18.3 Å². The van der Waals surface area contributed by atoms with Gasteiger partial charge in [0.2, 0.25) is 0 Å². The highest BCUT2D eigenvalue weighted by molar-refractivity contribution is 9.11. The van der Waals surface area contributed by atoms with Crippen LogP contribution in [-0.2, 0) is 4.79 Å². The Kier molecular flexibility index (Phi) is 7.08. The first kappa shape index (κ1) is 18.4. The summed E-state index contributed by atoms with van der Waals surface area (Å²) in [5.74, 6) is -0.253. The van der Waals surface area contributed by atoms with E-state index in [-0.39, 0.29) is 12.5 Å². The molecular weight excluding hydrogens is 513 g/mol. The molecule has 120 valence electrons. The van der Waals surface area contributed by atoms with Crippen LogP contribution in [0.2, 0.25) is 5.02 Å². The summed E-state index contributed by atoms with van der Waals surface area (Å²) in [6, 6.07) is 10.9. The lowest BCUT2D eigenvalue weighted by atomic mass is 10.2. The Morgan fingerprint density at radius 2 is 1.74 bits per heavy atom. The van der Waals surface area contributed by atoms with Gasteiger partial charge in [-0.1, -0.05) is 39.7 Å². The largest absolute Gasteiger partial charge is 0.374 e. The van der Waals surface area contributed by atoms with Gasteiger partial charge in [0.1, 0.15) is 0 Å². The second kappa shape index (κ2) is 8.82. The summed E-state index contributed by atoms with van der Waals surface area (Å²) in [6.07, 6.45) is 1.56. The lowest BCUT2D eigenvalue weighted by Crippen LogP contribution is -2.26. The standard InChI is InChI=1S/C15H11Br3ClN3O/c16-10-5-12(17)15(13(18)6-10)20-8-14(23)22-21-7-9-1-3-11(19)4-2-9/h1-7,20H,8H2,(H,22,23)/b21-7-. The molecule has 2 aromatic rings. The van der Waals surface area contributed by atoms with E-state index in [4.69, 9.17) is 11.6 Å². The van der Waals surface area contributed by atoms with Crippen molar-refractivity contribution in [2.24, 2.45) is 5.10 Å². The van der Waals surface area contributed by atoms with E-state index in [0.717, 1.165) is 24.7 Å². The summed E-state index contributed by atoms with van der Waals surface area (Å²) < 4.78 is 2.62. The summed E-state index contributed by atoms with van der Waals surface area (Å²) in [5, 5.41) is 7.60. The van der Waals surface area contributed by atoms with E-state index < -0.39 is 0 Å². The predicted octanol–water partition coefficient (Wildman–Crippen LogP) is 5.19. The average Bonchev–Trinajstić information content (AvgIpc) is 2.48. The molecule has 0 unspecified atom stereocenters. The number of carbonyl (C=O) groups is 1. The highest BCUT2D eigenvalue weighted by Gasteiger charge is 2.08. The second-order valence-corrected chi connectivity index (χ2v) is 7.50. The van der Waals surface area contributed by atoms with E-state index in [1.165, 1.54) is 0 Å². The van der Waals surface area contributed by atoms with Gasteiger partial charge in [-0.25, -0.2) is 5.43 Å². The van der Waals surface area contributed by atoms with Gasteiger partial charge >= 0.3 is 0 Å². The van der Waals surface area contributed by atoms with Crippen LogP contribution in [0.4, 0.5) is 5.69 Å². The van der Waals surface area contributed by atoms with Gasteiger partial charge in [-0.05, 0) is 61.7 Å². The van der Waals surface area contributed by atoms with Crippen molar-refractivity contribution in [2.45, 2.75) is 0 Å². The molecule has 0 spiro atoms. The number of halogens is 4. The van der Waals surface area contributed by atoms with Crippen molar-refractivity contribution >= 4 is 77.2 Å². The molecular formula is C15H11Br3ClN3O. The number of hydrogen-bond donors (Lipinski definition) is 2. The molecule has 0 radical (unpaired) electrons. The van der Waals surface area contributed by atoms with Crippen LogP contribution in [0.15, 0.2) is 54.9 Å². The minimum Gasteiger partial charge on any atom is -0.374 e. The van der Waals surface area contributed by atoms with Crippen LogP contribution in [0.3, 0.4) is 0 Å². The molecule has 1 amide bonds. The lowest BCUT2D eigenvalue weighted by Gasteiger charge is -2.10. The van der Waals surface area contributed by atoms with Gasteiger partial charge in [-0.3, -0.25) is 4.79 Å². The Bertz CT molecular complexity index is 712. The third kappa shape index (κ3) is 5.91. The van der Waals surface area contributed by atoms with Crippen LogP contribution < -0.4 is 10.7 Å². The van der Waals surface area contributed by atoms with Gasteiger partial charge < -0.3 is 5.32 Å². The number of hydrogen-bond acceptors (Lipinski definition) is 3. The number of hydrazone groups is 1. The van der Waals surface area contributed by atoms with Gasteiger partial charge in [0.05, 0.1) is 18.4 Å². The normalized spacial score (nSPS) is 10.8. The summed E-state index contributed by atoms with van der Waals surface area (Å²) in [5.41, 5.74) is 4.11. The van der Waals surface area contributed by atoms with Crippen molar-refractivity contribution in [3.05, 3.63) is 60.4 Å². The molecule has 4 nitrogen and oxygen atoms in total. The van der Waals surface area contributed by atoms with E-state index >= 15 is 0 Å². The smallest absolute Gasteiger partial charge is 0.259 e. The molecule has 0 saturated heterocycles. The predicted molar refractivity (Wildman–Crippen MR) is 105 cm³/mol. The third-order valence-corrected chi connectivity index (χ3v) is 4.67. The Morgan fingerprint density at radius 3 is 2.35 bits per heavy atom. The molecule has 2 aromatic carbocycles. The van der Waals surface area contributed by atoms with E-state index in [2.05, 4.69) is 63.6 Å². The van der Waals surface area contributed by atoms with Gasteiger partial charge in [0.15, 0.2) is 0 Å². The summed E-state index contributed by atoms with van der Waals surface area (Å²) >= 11 is 16.1. The van der Waals surface area contributed by atoms with Crippen molar-refractivity contribution in [3.63, 3.8) is 0 Å². The molecule has 0 saturated carbocycles. The first-order chi connectivity index (χ1) is 11.0. The van der Waals surface area contributed by atoms with Gasteiger partial charge in [-0.15, -0.1) is 0 Å². The number of anilines is 1. The summed E-state index contributed by atoms with van der Waals surface area (Å²) in [6.45, 7) is 0.0940. The minimum absolute atomic E-state index is 0.0940. The monoisotopic (exact) mass is 521 g/mol. The number of nitrogens with zero attached hydrogens (tertiary/aromatic N) is 1. The maximum atomic E-state index is 11.8. The van der Waals surface area contributed by atoms with Crippen molar-refractivity contribution < 1.29 is 4.79 Å². The Hall–Kier alpha value is -0.890. The fraction of sp³-hybridized carbons (Fsp3) is 0.0667. The van der Waals surface area contributed by atoms with Gasteiger partial charge in [-0.2, -0.15) is 5.10 Å². The van der Waals surface area contributed by atoms with Crippen molar-refractivity contribution in [3.8, 4) is 0 Å². The SMILES string of the molecule is O=C(CNc1c(Br)cc(Br)cc1Br)N/N=C\c1ccc(Cl)cc1. The summed E-state index contributed by atoms with van der Waals surface area (Å²) in [7, 11) is 0. The molecule has 0 heterocycles. The molecule has 23 heavy (non-hydrogen) atoms. The molecule has 0 bridgehead atoms. The number of nitrogens with one attached hydrogen (secondary N) is 2. The molecule has 8 heteroatoms. The van der Waals surface area contributed by atoms with Gasteiger partial charge in [0.25, 0.3) is 5.91 Å². The molecule has 0 aromatic heterocycles. The zero-order valence-electron chi connectivity index (χ0n) is 11.6. The molecule has 2 N–H and O–H groups in total. The number of amides is 1. The van der Waals surface area contributed by atoms with Crippen LogP contribution in [0.25, 0.3) is 0 Å². The van der Waals surface area contributed by atoms with Gasteiger partial charge in [0, 0.05) is 18.4 Å². The van der Waals surface area contributed by atoms with Crippen LogP contribution in [0, 0.1) is 0 Å². The fourth-order valence-electron chi connectivity index (χ4n) is 1.65. The maximum absolute atomic E-state index is 11.8. The first-order valence-corrected chi connectivity index (χ1v) is 9.17. The highest BCUT2D eigenvalue weighted by atomic mass is 79.9. The zero-order chi connectivity index (χ0) is 16.8. The topological polar surface area (TPSA) is 53.5 Å². The van der Waals surface area contributed by atoms with Crippen LogP contribution >= 0.6 is 59.4 Å². The van der Waals surface area contributed by atoms with Crippen molar-refractivity contribution in [2.75, 3.05) is 11.9 Å². The molecule has 0 aliphatic rings. The van der Waals surface area contributed by atoms with E-state index in [9.17, 15) is 4.79 Å². The van der Waals surface area contributed by atoms with E-state index in [1.807, 2.05) is 24.3 Å².